The number of carbonyl (C=O) groups excluding carboxylic acids is 1. The summed E-state index contributed by atoms with van der Waals surface area (Å²) in [6.07, 6.45) is 8.03. The van der Waals surface area contributed by atoms with Crippen molar-refractivity contribution < 1.29 is 14.6 Å². The van der Waals surface area contributed by atoms with Gasteiger partial charge in [0, 0.05) is 42.9 Å². The third kappa shape index (κ3) is 3.51. The predicted octanol–water partition coefficient (Wildman–Crippen LogP) is 3.14. The molecule has 2 aromatic heterocycles. The van der Waals surface area contributed by atoms with Crippen LogP contribution in [-0.4, -0.2) is 42.8 Å². The van der Waals surface area contributed by atoms with E-state index >= 15 is 0 Å². The Balaban J connectivity index is 1.35. The topological polar surface area (TPSA) is 104 Å². The van der Waals surface area contributed by atoms with Crippen LogP contribution in [0.3, 0.4) is 0 Å². The summed E-state index contributed by atoms with van der Waals surface area (Å²) < 4.78 is 7.13. The number of ether oxygens (including phenoxy) is 1. The highest BCUT2D eigenvalue weighted by molar-refractivity contribution is 5.69. The first-order chi connectivity index (χ1) is 15.1. The van der Waals surface area contributed by atoms with Crippen LogP contribution in [0.1, 0.15) is 48.8 Å². The molecule has 2 bridgehead atoms. The van der Waals surface area contributed by atoms with Crippen LogP contribution in [-0.2, 0) is 16.9 Å². The lowest BCUT2D eigenvalue weighted by molar-refractivity contribution is -0.0900. The van der Waals surface area contributed by atoms with Crippen LogP contribution in [0.15, 0.2) is 48.9 Å². The molecule has 2 aliphatic heterocycles. The molecule has 1 N–H and O–H groups in total. The number of piperidine rings is 2. The standard InChI is InChI=1S/C23H23N5O3/c24-11-17-12-26-27-14-18(13-25-21(17)27)23(30)9-19-7-4-8-20(10-23)28(19)22(29)31-15-16-5-2-1-3-6-16/h1-3,5-6,12-14,19-20,30H,4,7-10,15H2. The van der Waals surface area contributed by atoms with E-state index in [1.54, 1.807) is 12.4 Å². The molecule has 158 valence electrons. The number of rotatable bonds is 3. The fraction of sp³-hybridized carbons (Fsp3) is 0.391. The normalized spacial score (nSPS) is 25.2. The van der Waals surface area contributed by atoms with Crippen molar-refractivity contribution in [3.63, 3.8) is 0 Å². The summed E-state index contributed by atoms with van der Waals surface area (Å²) in [7, 11) is 0. The quantitative estimate of drug-likeness (QED) is 0.702. The van der Waals surface area contributed by atoms with Crippen LogP contribution in [0.5, 0.6) is 0 Å². The Morgan fingerprint density at radius 3 is 2.68 bits per heavy atom. The van der Waals surface area contributed by atoms with Gasteiger partial charge in [0.25, 0.3) is 0 Å². The van der Waals surface area contributed by atoms with Gasteiger partial charge in [-0.05, 0) is 24.8 Å². The van der Waals surface area contributed by atoms with E-state index in [4.69, 9.17) is 10.00 Å². The van der Waals surface area contributed by atoms with E-state index in [2.05, 4.69) is 16.2 Å². The summed E-state index contributed by atoms with van der Waals surface area (Å²) in [6, 6.07) is 11.5. The van der Waals surface area contributed by atoms with Crippen molar-refractivity contribution >= 4 is 11.7 Å². The monoisotopic (exact) mass is 417 g/mol. The Bertz CT molecular complexity index is 1140. The van der Waals surface area contributed by atoms with E-state index in [1.807, 2.05) is 35.2 Å². The third-order valence-corrected chi connectivity index (χ3v) is 6.44. The molecular weight excluding hydrogens is 394 g/mol. The van der Waals surface area contributed by atoms with Gasteiger partial charge in [-0.1, -0.05) is 30.3 Å². The summed E-state index contributed by atoms with van der Waals surface area (Å²) in [5, 5.41) is 24.9. The fourth-order valence-corrected chi connectivity index (χ4v) is 4.95. The number of aliphatic hydroxyl groups is 1. The molecular formula is C23H23N5O3. The Labute approximate surface area is 179 Å². The van der Waals surface area contributed by atoms with E-state index in [-0.39, 0.29) is 24.8 Å². The van der Waals surface area contributed by atoms with Crippen molar-refractivity contribution in [3.8, 4) is 6.07 Å². The molecule has 2 saturated heterocycles. The predicted molar refractivity (Wildman–Crippen MR) is 111 cm³/mol. The number of hydrogen-bond donors (Lipinski definition) is 1. The van der Waals surface area contributed by atoms with Gasteiger partial charge in [-0.3, -0.25) is 0 Å². The molecule has 5 rings (SSSR count). The molecule has 2 aliphatic rings. The Hall–Kier alpha value is -3.44. The zero-order chi connectivity index (χ0) is 21.4. The molecule has 3 aromatic rings. The number of aromatic nitrogens is 3. The summed E-state index contributed by atoms with van der Waals surface area (Å²) in [5.74, 6) is 0. The maximum Gasteiger partial charge on any atom is 0.410 e. The maximum absolute atomic E-state index is 12.9. The number of hydrogen-bond acceptors (Lipinski definition) is 6. The minimum Gasteiger partial charge on any atom is -0.445 e. The van der Waals surface area contributed by atoms with Crippen molar-refractivity contribution in [1.29, 1.82) is 5.26 Å². The smallest absolute Gasteiger partial charge is 0.410 e. The SMILES string of the molecule is N#Cc1cnn2cc(C3(O)CC4CCCC(C3)N4C(=O)OCc3ccccc3)cnc12. The van der Waals surface area contributed by atoms with E-state index < -0.39 is 5.60 Å². The Morgan fingerprint density at radius 2 is 1.97 bits per heavy atom. The number of fused-ring (bicyclic) bond motifs is 3. The molecule has 2 atom stereocenters. The number of carbonyl (C=O) groups is 1. The first-order valence-electron chi connectivity index (χ1n) is 10.5. The molecule has 0 radical (unpaired) electrons. The molecule has 1 amide bonds. The largest absolute Gasteiger partial charge is 0.445 e. The average Bonchev–Trinajstić information content (AvgIpc) is 3.20. The van der Waals surface area contributed by atoms with Crippen LogP contribution in [0, 0.1) is 11.3 Å². The van der Waals surface area contributed by atoms with Crippen molar-refractivity contribution in [2.75, 3.05) is 0 Å². The van der Waals surface area contributed by atoms with E-state index in [9.17, 15) is 9.90 Å². The second-order valence-corrected chi connectivity index (χ2v) is 8.41. The summed E-state index contributed by atoms with van der Waals surface area (Å²) in [4.78, 5) is 19.1. The molecule has 1 aromatic carbocycles. The molecule has 8 nitrogen and oxygen atoms in total. The molecule has 2 fully saturated rings. The second kappa shape index (κ2) is 7.67. The molecule has 2 unspecified atom stereocenters. The highest BCUT2D eigenvalue weighted by atomic mass is 16.6. The summed E-state index contributed by atoms with van der Waals surface area (Å²) in [6.45, 7) is 0.237. The van der Waals surface area contributed by atoms with Crippen LogP contribution in [0.25, 0.3) is 5.65 Å². The number of nitrogens with zero attached hydrogens (tertiary/aromatic N) is 5. The van der Waals surface area contributed by atoms with Crippen LogP contribution in [0.2, 0.25) is 0 Å². The van der Waals surface area contributed by atoms with Gasteiger partial charge in [-0.25, -0.2) is 14.3 Å². The average molecular weight is 417 g/mol. The minimum atomic E-state index is -1.11. The summed E-state index contributed by atoms with van der Waals surface area (Å²) in [5.41, 5.74) is 1.36. The Morgan fingerprint density at radius 1 is 1.23 bits per heavy atom. The van der Waals surface area contributed by atoms with Crippen molar-refractivity contribution in [1.82, 2.24) is 19.5 Å². The van der Waals surface area contributed by atoms with Gasteiger partial charge in [-0.2, -0.15) is 10.4 Å². The van der Waals surface area contributed by atoms with Gasteiger partial charge in [-0.15, -0.1) is 0 Å². The van der Waals surface area contributed by atoms with Crippen molar-refractivity contribution in [2.24, 2.45) is 0 Å². The molecule has 31 heavy (non-hydrogen) atoms. The lowest BCUT2D eigenvalue weighted by atomic mass is 9.73. The van der Waals surface area contributed by atoms with E-state index in [1.165, 1.54) is 10.7 Å². The number of benzene rings is 1. The zero-order valence-corrected chi connectivity index (χ0v) is 17.0. The second-order valence-electron chi connectivity index (χ2n) is 8.41. The number of amides is 1. The highest BCUT2D eigenvalue weighted by Crippen LogP contribution is 2.44. The lowest BCUT2D eigenvalue weighted by Gasteiger charge is -2.51. The van der Waals surface area contributed by atoms with Gasteiger partial charge in [0.2, 0.25) is 0 Å². The molecule has 8 heteroatoms. The zero-order valence-electron chi connectivity index (χ0n) is 17.0. The molecule has 0 saturated carbocycles. The van der Waals surface area contributed by atoms with Gasteiger partial charge in [0.15, 0.2) is 5.65 Å². The molecule has 0 aliphatic carbocycles. The highest BCUT2D eigenvalue weighted by Gasteiger charge is 2.49. The van der Waals surface area contributed by atoms with Gasteiger partial charge < -0.3 is 14.7 Å². The summed E-state index contributed by atoms with van der Waals surface area (Å²) >= 11 is 0. The van der Waals surface area contributed by atoms with Crippen LogP contribution >= 0.6 is 0 Å². The van der Waals surface area contributed by atoms with Crippen molar-refractivity contribution in [3.05, 3.63) is 65.6 Å². The lowest BCUT2D eigenvalue weighted by Crippen LogP contribution is -2.59. The van der Waals surface area contributed by atoms with Crippen LogP contribution in [0.4, 0.5) is 4.79 Å². The maximum atomic E-state index is 12.9. The Kier molecular flexibility index (Phi) is 4.83. The minimum absolute atomic E-state index is 0.0937. The molecule has 4 heterocycles. The van der Waals surface area contributed by atoms with Crippen LogP contribution < -0.4 is 0 Å². The first kappa shape index (κ1) is 19.5. The van der Waals surface area contributed by atoms with E-state index in [0.29, 0.717) is 29.6 Å². The fourth-order valence-electron chi connectivity index (χ4n) is 4.95. The van der Waals surface area contributed by atoms with Gasteiger partial charge in [0.05, 0.1) is 11.8 Å². The van der Waals surface area contributed by atoms with Crippen molar-refractivity contribution in [2.45, 2.75) is 56.4 Å². The van der Waals surface area contributed by atoms with Gasteiger partial charge in [0.1, 0.15) is 18.2 Å². The van der Waals surface area contributed by atoms with E-state index in [0.717, 1.165) is 24.8 Å². The van der Waals surface area contributed by atoms with Gasteiger partial charge >= 0.3 is 6.09 Å². The first-order valence-corrected chi connectivity index (χ1v) is 10.5. The third-order valence-electron chi connectivity index (χ3n) is 6.44. The number of nitriles is 1. The molecule has 0 spiro atoms.